The van der Waals surface area contributed by atoms with Crippen LogP contribution in [0.25, 0.3) is 0 Å². The number of anilines is 1. The third-order valence-electron chi connectivity index (χ3n) is 3.07. The third-order valence-corrected chi connectivity index (χ3v) is 3.07. The van der Waals surface area contributed by atoms with E-state index in [1.807, 2.05) is 0 Å². The maximum atomic E-state index is 13.5. The number of aromatic nitrogens is 2. The first-order chi connectivity index (χ1) is 10.1. The van der Waals surface area contributed by atoms with Crippen molar-refractivity contribution in [3.05, 3.63) is 53.6 Å². The molecule has 5 nitrogen and oxygen atoms in total. The van der Waals surface area contributed by atoms with Crippen LogP contribution < -0.4 is 5.54 Å². The van der Waals surface area contributed by atoms with Crippen LogP contribution in [0.5, 0.6) is 0 Å². The molecule has 1 N–H and O–H groups in total. The largest absolute Gasteiger partial charge is 0.359 e. The van der Waals surface area contributed by atoms with E-state index in [2.05, 4.69) is 9.97 Å². The van der Waals surface area contributed by atoms with Gasteiger partial charge in [0, 0.05) is 13.3 Å². The van der Waals surface area contributed by atoms with E-state index in [4.69, 9.17) is 9.47 Å². The van der Waals surface area contributed by atoms with Gasteiger partial charge in [-0.15, -0.1) is 4.48 Å². The third kappa shape index (κ3) is 3.32. The van der Waals surface area contributed by atoms with Gasteiger partial charge in [0.15, 0.2) is 0 Å². The molecule has 1 heterocycles. The predicted octanol–water partition coefficient (Wildman–Crippen LogP) is 2.80. The van der Waals surface area contributed by atoms with Gasteiger partial charge >= 0.3 is 0 Å². The van der Waals surface area contributed by atoms with Crippen molar-refractivity contribution in [2.45, 2.75) is 12.5 Å². The number of benzene rings is 1. The maximum Gasteiger partial charge on any atom is 0.251 e. The highest BCUT2D eigenvalue weighted by Gasteiger charge is 2.32. The molecule has 112 valence electrons. The van der Waals surface area contributed by atoms with Crippen molar-refractivity contribution in [2.75, 3.05) is 19.4 Å². The van der Waals surface area contributed by atoms with Gasteiger partial charge in [0.25, 0.3) is 5.95 Å². The number of rotatable bonds is 6. The smallest absolute Gasteiger partial charge is 0.251 e. The summed E-state index contributed by atoms with van der Waals surface area (Å²) in [6.45, 7) is 1.67. The quantitative estimate of drug-likeness (QED) is 0.656. The standard InChI is InChI=1S/C14H15F2N3O2/c1-14(21-9-20-2,10-4-3-5-11(15)8-10)12-6-7-17-13(18-12)19-16/h3-8H,9H2,1-2H3,(H,17,18,19). The molecule has 2 rings (SSSR count). The van der Waals surface area contributed by atoms with Crippen LogP contribution in [-0.2, 0) is 15.1 Å². The Labute approximate surface area is 120 Å². The highest BCUT2D eigenvalue weighted by molar-refractivity contribution is 5.34. The minimum Gasteiger partial charge on any atom is -0.359 e. The maximum absolute atomic E-state index is 13.5. The van der Waals surface area contributed by atoms with Gasteiger partial charge < -0.3 is 9.47 Å². The molecule has 0 radical (unpaired) electrons. The SMILES string of the molecule is COCOC(C)(c1cccc(F)c1)c1ccnc(NF)n1. The van der Waals surface area contributed by atoms with Crippen molar-refractivity contribution in [1.82, 2.24) is 9.97 Å². The van der Waals surface area contributed by atoms with Crippen LogP contribution >= 0.6 is 0 Å². The topological polar surface area (TPSA) is 56.3 Å². The monoisotopic (exact) mass is 295 g/mol. The first-order valence-corrected chi connectivity index (χ1v) is 6.19. The molecule has 7 heteroatoms. The molecule has 0 spiro atoms. The second-order valence-electron chi connectivity index (χ2n) is 4.45. The summed E-state index contributed by atoms with van der Waals surface area (Å²) in [5.74, 6) is -0.603. The van der Waals surface area contributed by atoms with Crippen molar-refractivity contribution in [3.63, 3.8) is 0 Å². The first-order valence-electron chi connectivity index (χ1n) is 6.19. The highest BCUT2D eigenvalue weighted by atomic mass is 19.2. The Balaban J connectivity index is 2.49. The zero-order chi connectivity index (χ0) is 15.3. The highest BCUT2D eigenvalue weighted by Crippen LogP contribution is 2.32. The van der Waals surface area contributed by atoms with E-state index in [1.165, 1.54) is 31.0 Å². The Kier molecular flexibility index (Phi) is 4.77. The fraction of sp³-hybridized carbons (Fsp3) is 0.286. The Hall–Kier alpha value is -2.12. The van der Waals surface area contributed by atoms with E-state index < -0.39 is 11.4 Å². The summed E-state index contributed by atoms with van der Waals surface area (Å²) in [4.78, 5) is 7.73. The summed E-state index contributed by atoms with van der Waals surface area (Å²) in [5, 5.41) is 0. The van der Waals surface area contributed by atoms with Crippen molar-refractivity contribution >= 4 is 5.95 Å². The number of hydrogen-bond acceptors (Lipinski definition) is 5. The Bertz CT molecular complexity index is 612. The van der Waals surface area contributed by atoms with Gasteiger partial charge in [0.2, 0.25) is 0 Å². The van der Waals surface area contributed by atoms with E-state index in [0.717, 1.165) is 0 Å². The average molecular weight is 295 g/mol. The predicted molar refractivity (Wildman–Crippen MR) is 72.6 cm³/mol. The second kappa shape index (κ2) is 6.55. The van der Waals surface area contributed by atoms with Gasteiger partial charge in [-0.1, -0.05) is 12.1 Å². The molecule has 0 fully saturated rings. The molecule has 2 aromatic rings. The molecule has 0 saturated heterocycles. The molecule has 0 aliphatic heterocycles. The van der Waals surface area contributed by atoms with Gasteiger partial charge in [0.1, 0.15) is 18.2 Å². The van der Waals surface area contributed by atoms with Gasteiger partial charge in [-0.05, 0) is 30.7 Å². The number of hydrogen-bond donors (Lipinski definition) is 1. The number of methoxy groups -OCH3 is 1. The lowest BCUT2D eigenvalue weighted by Crippen LogP contribution is -2.30. The Morgan fingerprint density at radius 2 is 2.14 bits per heavy atom. The summed E-state index contributed by atoms with van der Waals surface area (Å²) in [6, 6.07) is 7.49. The number of ether oxygens (including phenoxy) is 2. The van der Waals surface area contributed by atoms with E-state index in [0.29, 0.717) is 11.3 Å². The molecule has 1 atom stereocenters. The lowest BCUT2D eigenvalue weighted by molar-refractivity contribution is -0.109. The van der Waals surface area contributed by atoms with E-state index in [1.54, 1.807) is 25.1 Å². The van der Waals surface area contributed by atoms with Crippen molar-refractivity contribution < 1.29 is 18.3 Å². The summed E-state index contributed by atoms with van der Waals surface area (Å²) in [7, 11) is 1.47. The number of nitrogens with zero attached hydrogens (tertiary/aromatic N) is 2. The minimum atomic E-state index is -1.10. The fourth-order valence-electron chi connectivity index (χ4n) is 1.94. The molecule has 0 aliphatic carbocycles. The van der Waals surface area contributed by atoms with Gasteiger partial charge in [-0.2, -0.15) is 5.54 Å². The van der Waals surface area contributed by atoms with Crippen molar-refractivity contribution in [1.29, 1.82) is 0 Å². The van der Waals surface area contributed by atoms with Crippen molar-refractivity contribution in [2.24, 2.45) is 0 Å². The zero-order valence-corrected chi connectivity index (χ0v) is 11.6. The summed E-state index contributed by atoms with van der Waals surface area (Å²) >= 11 is 0. The van der Waals surface area contributed by atoms with Crippen LogP contribution in [0, 0.1) is 5.82 Å². The molecule has 0 bridgehead atoms. The Morgan fingerprint density at radius 3 is 2.81 bits per heavy atom. The molecular weight excluding hydrogens is 280 g/mol. The van der Waals surface area contributed by atoms with Gasteiger partial charge in [-0.25, -0.2) is 14.4 Å². The van der Waals surface area contributed by atoms with Crippen LogP contribution in [0.3, 0.4) is 0 Å². The molecular formula is C14H15F2N3O2. The lowest BCUT2D eigenvalue weighted by Gasteiger charge is -2.29. The summed E-state index contributed by atoms with van der Waals surface area (Å²) < 4.78 is 36.6. The fourth-order valence-corrected chi connectivity index (χ4v) is 1.94. The molecule has 0 saturated carbocycles. The van der Waals surface area contributed by atoms with Crippen LogP contribution in [0.4, 0.5) is 14.8 Å². The zero-order valence-electron chi connectivity index (χ0n) is 11.6. The summed E-state index contributed by atoms with van der Waals surface area (Å²) in [6.07, 6.45) is 1.39. The van der Waals surface area contributed by atoms with E-state index in [9.17, 15) is 8.87 Å². The number of nitrogens with one attached hydrogen (secondary N) is 1. The van der Waals surface area contributed by atoms with Gasteiger partial charge in [0.05, 0.1) is 5.69 Å². The minimum absolute atomic E-state index is 0.0323. The van der Waals surface area contributed by atoms with Crippen LogP contribution in [0.1, 0.15) is 18.2 Å². The van der Waals surface area contributed by atoms with Crippen LogP contribution in [0.15, 0.2) is 36.5 Å². The summed E-state index contributed by atoms with van der Waals surface area (Å²) in [5.41, 5.74) is 1.18. The van der Waals surface area contributed by atoms with Crippen LogP contribution in [-0.4, -0.2) is 23.9 Å². The average Bonchev–Trinajstić information content (AvgIpc) is 2.52. The second-order valence-corrected chi connectivity index (χ2v) is 4.45. The van der Waals surface area contributed by atoms with E-state index in [-0.39, 0.29) is 12.7 Å². The first kappa shape index (κ1) is 15.3. The number of halogens is 2. The molecule has 0 aliphatic rings. The Morgan fingerprint density at radius 1 is 1.33 bits per heavy atom. The molecule has 0 amide bonds. The molecule has 21 heavy (non-hydrogen) atoms. The molecule has 1 aromatic carbocycles. The van der Waals surface area contributed by atoms with Crippen molar-refractivity contribution in [3.8, 4) is 0 Å². The lowest BCUT2D eigenvalue weighted by atomic mass is 9.92. The van der Waals surface area contributed by atoms with E-state index >= 15 is 0 Å². The van der Waals surface area contributed by atoms with Crippen LogP contribution in [0.2, 0.25) is 0 Å². The normalized spacial score (nSPS) is 13.7. The molecule has 1 aromatic heterocycles. The van der Waals surface area contributed by atoms with Gasteiger partial charge in [-0.3, -0.25) is 0 Å². The molecule has 1 unspecified atom stereocenters.